The van der Waals surface area contributed by atoms with Crippen molar-refractivity contribution in [1.82, 2.24) is 15.2 Å². The summed E-state index contributed by atoms with van der Waals surface area (Å²) in [6.07, 6.45) is 3.81. The van der Waals surface area contributed by atoms with Gasteiger partial charge in [-0.3, -0.25) is 4.98 Å². The van der Waals surface area contributed by atoms with E-state index in [2.05, 4.69) is 41.5 Å². The molecular formula is C24H27N3O2. The molecule has 5 nitrogen and oxygen atoms in total. The fourth-order valence-corrected chi connectivity index (χ4v) is 3.92. The zero-order valence-electron chi connectivity index (χ0n) is 17.0. The quantitative estimate of drug-likeness (QED) is 0.698. The van der Waals surface area contributed by atoms with Gasteiger partial charge in [0.15, 0.2) is 0 Å². The summed E-state index contributed by atoms with van der Waals surface area (Å²) in [7, 11) is 0. The molecule has 1 aliphatic rings. The normalized spacial score (nSPS) is 14.8. The van der Waals surface area contributed by atoms with Crippen molar-refractivity contribution >= 4 is 16.9 Å². The van der Waals surface area contributed by atoms with Crippen LogP contribution in [0.4, 0.5) is 4.79 Å². The number of carbonyl (C=O) groups excluding carboxylic acids is 1. The van der Waals surface area contributed by atoms with Gasteiger partial charge in [-0.05, 0) is 43.2 Å². The minimum absolute atomic E-state index is 0.0228. The summed E-state index contributed by atoms with van der Waals surface area (Å²) in [6, 6.07) is 16.5. The fourth-order valence-electron chi connectivity index (χ4n) is 3.92. The van der Waals surface area contributed by atoms with Crippen molar-refractivity contribution in [3.05, 3.63) is 60.3 Å². The molecule has 0 radical (unpaired) electrons. The van der Waals surface area contributed by atoms with Gasteiger partial charge < -0.3 is 15.0 Å². The van der Waals surface area contributed by atoms with Gasteiger partial charge in [-0.2, -0.15) is 0 Å². The van der Waals surface area contributed by atoms with E-state index in [0.717, 1.165) is 48.3 Å². The number of carbonyl (C=O) groups is 1. The molecule has 5 heteroatoms. The van der Waals surface area contributed by atoms with E-state index in [-0.39, 0.29) is 12.1 Å². The molecule has 1 fully saturated rings. The maximum absolute atomic E-state index is 11.9. The Hall–Kier alpha value is -3.08. The SMILES string of the molecule is CCNC(=O)N1CCC(Oc2ccc(-c3cnc4ccccc4c3C)cc2)CC1. The van der Waals surface area contributed by atoms with Crippen molar-refractivity contribution in [2.45, 2.75) is 32.8 Å². The van der Waals surface area contributed by atoms with Crippen molar-refractivity contribution in [3.63, 3.8) is 0 Å². The first kappa shape index (κ1) is 19.2. The summed E-state index contributed by atoms with van der Waals surface area (Å²) in [5.41, 5.74) is 4.54. The molecule has 1 aliphatic heterocycles. The molecule has 1 aromatic heterocycles. The van der Waals surface area contributed by atoms with Gasteiger partial charge in [-0.25, -0.2) is 4.79 Å². The third kappa shape index (κ3) is 4.19. The first-order valence-corrected chi connectivity index (χ1v) is 10.3. The first-order valence-electron chi connectivity index (χ1n) is 10.3. The molecule has 0 atom stereocenters. The van der Waals surface area contributed by atoms with Crippen LogP contribution in [-0.2, 0) is 0 Å². The van der Waals surface area contributed by atoms with Crippen LogP contribution in [0.15, 0.2) is 54.7 Å². The number of nitrogens with zero attached hydrogens (tertiary/aromatic N) is 2. The number of ether oxygens (including phenoxy) is 1. The maximum Gasteiger partial charge on any atom is 0.317 e. The highest BCUT2D eigenvalue weighted by Crippen LogP contribution is 2.30. The van der Waals surface area contributed by atoms with E-state index in [1.165, 1.54) is 10.9 Å². The molecule has 0 spiro atoms. The van der Waals surface area contributed by atoms with Crippen LogP contribution in [0.25, 0.3) is 22.0 Å². The molecule has 0 unspecified atom stereocenters. The third-order valence-electron chi connectivity index (χ3n) is 5.57. The van der Waals surface area contributed by atoms with E-state index in [4.69, 9.17) is 4.74 Å². The van der Waals surface area contributed by atoms with Crippen LogP contribution in [0, 0.1) is 6.92 Å². The van der Waals surface area contributed by atoms with Gasteiger partial charge in [0.05, 0.1) is 5.52 Å². The molecule has 0 bridgehead atoms. The van der Waals surface area contributed by atoms with Crippen molar-refractivity contribution < 1.29 is 9.53 Å². The monoisotopic (exact) mass is 389 g/mol. The van der Waals surface area contributed by atoms with Gasteiger partial charge in [0.25, 0.3) is 0 Å². The Labute approximate surface area is 171 Å². The number of aryl methyl sites for hydroxylation is 1. The van der Waals surface area contributed by atoms with Crippen LogP contribution < -0.4 is 10.1 Å². The second kappa shape index (κ2) is 8.52. The lowest BCUT2D eigenvalue weighted by molar-refractivity contribution is 0.111. The standard InChI is InChI=1S/C24H27N3O2/c1-3-25-24(28)27-14-12-20(13-15-27)29-19-10-8-18(9-11-19)22-16-26-23-7-5-4-6-21(23)17(22)2/h4-11,16,20H,3,12-15H2,1-2H3,(H,25,28). The minimum atomic E-state index is 0.0228. The summed E-state index contributed by atoms with van der Waals surface area (Å²) < 4.78 is 6.16. The first-order chi connectivity index (χ1) is 14.2. The molecule has 150 valence electrons. The molecule has 2 aromatic carbocycles. The Morgan fingerprint density at radius 1 is 1.14 bits per heavy atom. The molecule has 1 N–H and O–H groups in total. The predicted molar refractivity (Wildman–Crippen MR) is 116 cm³/mol. The number of fused-ring (bicyclic) bond motifs is 1. The van der Waals surface area contributed by atoms with E-state index < -0.39 is 0 Å². The average molecular weight is 389 g/mol. The molecule has 0 aliphatic carbocycles. The number of nitrogens with one attached hydrogen (secondary N) is 1. The molecule has 3 aromatic rings. The largest absolute Gasteiger partial charge is 0.490 e. The summed E-state index contributed by atoms with van der Waals surface area (Å²) in [5, 5.41) is 4.04. The van der Waals surface area contributed by atoms with Gasteiger partial charge in [-0.15, -0.1) is 0 Å². The number of hydrogen-bond donors (Lipinski definition) is 1. The van der Waals surface area contributed by atoms with E-state index >= 15 is 0 Å². The number of urea groups is 1. The van der Waals surface area contributed by atoms with Crippen LogP contribution in [0.3, 0.4) is 0 Å². The van der Waals surface area contributed by atoms with Gasteiger partial charge in [0.1, 0.15) is 11.9 Å². The number of benzene rings is 2. The highest BCUT2D eigenvalue weighted by molar-refractivity contribution is 5.88. The lowest BCUT2D eigenvalue weighted by Crippen LogP contribution is -2.46. The Balaban J connectivity index is 1.42. The number of aromatic nitrogens is 1. The number of rotatable bonds is 4. The zero-order valence-corrected chi connectivity index (χ0v) is 17.0. The highest BCUT2D eigenvalue weighted by atomic mass is 16.5. The van der Waals surface area contributed by atoms with Crippen molar-refractivity contribution in [1.29, 1.82) is 0 Å². The van der Waals surface area contributed by atoms with Gasteiger partial charge in [0.2, 0.25) is 0 Å². The number of para-hydroxylation sites is 1. The zero-order chi connectivity index (χ0) is 20.2. The Kier molecular flexibility index (Phi) is 5.65. The van der Waals surface area contributed by atoms with E-state index in [1.54, 1.807) is 0 Å². The second-order valence-corrected chi connectivity index (χ2v) is 7.48. The molecule has 1 saturated heterocycles. The van der Waals surface area contributed by atoms with E-state index in [0.29, 0.717) is 6.54 Å². The fraction of sp³-hybridized carbons (Fsp3) is 0.333. The topological polar surface area (TPSA) is 54.5 Å². The lowest BCUT2D eigenvalue weighted by Gasteiger charge is -2.32. The van der Waals surface area contributed by atoms with Gasteiger partial charge >= 0.3 is 6.03 Å². The summed E-state index contributed by atoms with van der Waals surface area (Å²) >= 11 is 0. The van der Waals surface area contributed by atoms with Crippen LogP contribution in [0.1, 0.15) is 25.3 Å². The number of amides is 2. The van der Waals surface area contributed by atoms with E-state index in [1.807, 2.05) is 42.3 Å². The molecule has 29 heavy (non-hydrogen) atoms. The minimum Gasteiger partial charge on any atom is -0.490 e. The van der Waals surface area contributed by atoms with Crippen LogP contribution in [-0.4, -0.2) is 41.7 Å². The van der Waals surface area contributed by atoms with Crippen LogP contribution in [0.5, 0.6) is 5.75 Å². The Morgan fingerprint density at radius 3 is 2.59 bits per heavy atom. The average Bonchev–Trinajstić information content (AvgIpc) is 2.76. The summed E-state index contributed by atoms with van der Waals surface area (Å²) in [6.45, 7) is 6.21. The Bertz CT molecular complexity index is 993. The highest BCUT2D eigenvalue weighted by Gasteiger charge is 2.23. The molecule has 4 rings (SSSR count). The smallest absolute Gasteiger partial charge is 0.317 e. The van der Waals surface area contributed by atoms with Gasteiger partial charge in [0, 0.05) is 49.6 Å². The molecular weight excluding hydrogens is 362 g/mol. The lowest BCUT2D eigenvalue weighted by atomic mass is 9.99. The molecule has 2 amide bonds. The second-order valence-electron chi connectivity index (χ2n) is 7.48. The maximum atomic E-state index is 11.9. The van der Waals surface area contributed by atoms with Crippen molar-refractivity contribution in [2.75, 3.05) is 19.6 Å². The number of likely N-dealkylation sites (tertiary alicyclic amines) is 1. The summed E-state index contributed by atoms with van der Waals surface area (Å²) in [4.78, 5) is 18.4. The Morgan fingerprint density at radius 2 is 1.86 bits per heavy atom. The number of piperidine rings is 1. The van der Waals surface area contributed by atoms with Crippen molar-refractivity contribution in [2.24, 2.45) is 0 Å². The third-order valence-corrected chi connectivity index (χ3v) is 5.57. The number of hydrogen-bond acceptors (Lipinski definition) is 3. The van der Waals surface area contributed by atoms with Crippen LogP contribution >= 0.6 is 0 Å². The van der Waals surface area contributed by atoms with Crippen molar-refractivity contribution in [3.8, 4) is 16.9 Å². The summed E-state index contributed by atoms with van der Waals surface area (Å²) in [5.74, 6) is 0.872. The predicted octanol–water partition coefficient (Wildman–Crippen LogP) is 4.78. The van der Waals surface area contributed by atoms with Gasteiger partial charge in [-0.1, -0.05) is 30.3 Å². The molecule has 0 saturated carbocycles. The van der Waals surface area contributed by atoms with Crippen LogP contribution in [0.2, 0.25) is 0 Å². The molecule has 2 heterocycles. The van der Waals surface area contributed by atoms with E-state index in [9.17, 15) is 4.79 Å². The number of pyridine rings is 1.